The molecule has 0 atom stereocenters. The Hall–Kier alpha value is -2.92. The van der Waals surface area contributed by atoms with Crippen molar-refractivity contribution in [2.24, 2.45) is 0 Å². The molecule has 2 aromatic rings. The van der Waals surface area contributed by atoms with E-state index in [1.165, 1.54) is 0 Å². The van der Waals surface area contributed by atoms with E-state index in [-0.39, 0.29) is 20.1 Å². The number of benzene rings is 2. The zero-order chi connectivity index (χ0) is 22.6. The number of nitro groups is 2. The number of rotatable bonds is 6. The molecule has 0 N–H and O–H groups in total. The van der Waals surface area contributed by atoms with Gasteiger partial charge in [-0.25, -0.2) is 9.59 Å². The molecule has 0 bridgehead atoms. The van der Waals surface area contributed by atoms with Gasteiger partial charge in [0, 0.05) is 34.3 Å². The van der Waals surface area contributed by atoms with Gasteiger partial charge in [-0.3, -0.25) is 20.2 Å². The fourth-order valence-corrected chi connectivity index (χ4v) is 3.01. The number of ether oxygens (including phenoxy) is 2. The summed E-state index contributed by atoms with van der Waals surface area (Å²) in [5, 5.41) is 21.3. The summed E-state index contributed by atoms with van der Waals surface area (Å²) in [5.74, 6) is -3.64. The van der Waals surface area contributed by atoms with E-state index in [4.69, 9.17) is 55.9 Å². The van der Waals surface area contributed by atoms with Crippen LogP contribution in [0.15, 0.2) is 36.4 Å². The van der Waals surface area contributed by atoms with Crippen LogP contribution in [-0.4, -0.2) is 21.8 Å². The zero-order valence-electron chi connectivity index (χ0n) is 14.1. The van der Waals surface area contributed by atoms with Crippen molar-refractivity contribution in [2.45, 2.75) is 0 Å². The maximum absolute atomic E-state index is 11.9. The molecule has 0 aromatic heterocycles. The number of nitrogens with zero attached hydrogens (tertiary/aromatic N) is 2. The number of nitro benzene ring substituents is 2. The van der Waals surface area contributed by atoms with Crippen LogP contribution in [0.25, 0.3) is 0 Å². The normalized spacial score (nSPS) is 10.7. The highest BCUT2D eigenvalue weighted by Crippen LogP contribution is 2.39. The highest BCUT2D eigenvalue weighted by molar-refractivity contribution is 6.36. The Labute approximate surface area is 186 Å². The molecule has 0 heterocycles. The van der Waals surface area contributed by atoms with Crippen molar-refractivity contribution in [1.29, 1.82) is 0 Å². The van der Waals surface area contributed by atoms with Crippen molar-refractivity contribution >= 4 is 69.7 Å². The van der Waals surface area contributed by atoms with Crippen molar-refractivity contribution in [3.63, 3.8) is 0 Å². The molecule has 0 amide bonds. The Morgan fingerprint density at radius 3 is 1.37 bits per heavy atom. The molecule has 0 fully saturated rings. The summed E-state index contributed by atoms with van der Waals surface area (Å²) >= 11 is 22.9. The van der Waals surface area contributed by atoms with Crippen molar-refractivity contribution in [1.82, 2.24) is 0 Å². The summed E-state index contributed by atoms with van der Waals surface area (Å²) in [7, 11) is 0. The van der Waals surface area contributed by atoms with Gasteiger partial charge in [0.25, 0.3) is 0 Å². The molecule has 14 heteroatoms. The Balaban J connectivity index is 2.19. The van der Waals surface area contributed by atoms with E-state index in [0.717, 1.165) is 24.3 Å². The number of hydrogen-bond acceptors (Lipinski definition) is 8. The summed E-state index contributed by atoms with van der Waals surface area (Å²) in [4.78, 5) is 44.1. The van der Waals surface area contributed by atoms with Gasteiger partial charge >= 0.3 is 23.3 Å². The smallest absolute Gasteiger partial charge is 0.336 e. The standard InChI is InChI=1S/C16H6Cl4N2O8/c17-7-3-9(19)15(11(5-7)21(25)26)29-13(23)1-2-14(24)30-16-10(20)4-8(18)6-12(16)22(27)28/h1-6H/b2-1-. The van der Waals surface area contributed by atoms with Crippen LogP contribution in [0.1, 0.15) is 0 Å². The van der Waals surface area contributed by atoms with Crippen LogP contribution in [-0.2, 0) is 9.59 Å². The van der Waals surface area contributed by atoms with E-state index in [2.05, 4.69) is 0 Å². The second-order valence-electron chi connectivity index (χ2n) is 5.16. The van der Waals surface area contributed by atoms with Crippen LogP contribution in [0, 0.1) is 20.2 Å². The molecule has 10 nitrogen and oxygen atoms in total. The summed E-state index contributed by atoms with van der Waals surface area (Å²) in [5.41, 5.74) is -1.36. The topological polar surface area (TPSA) is 139 Å². The Morgan fingerprint density at radius 1 is 0.733 bits per heavy atom. The molecule has 0 unspecified atom stereocenters. The molecule has 0 saturated carbocycles. The minimum atomic E-state index is -1.23. The van der Waals surface area contributed by atoms with Crippen LogP contribution >= 0.6 is 46.4 Å². The monoisotopic (exact) mass is 494 g/mol. The lowest BCUT2D eigenvalue weighted by Crippen LogP contribution is -2.10. The molecule has 156 valence electrons. The molecule has 0 aliphatic heterocycles. The first-order chi connectivity index (χ1) is 14.0. The van der Waals surface area contributed by atoms with Crippen molar-refractivity contribution < 1.29 is 28.9 Å². The fourth-order valence-electron chi connectivity index (χ4n) is 1.97. The summed E-state index contributed by atoms with van der Waals surface area (Å²) in [6.45, 7) is 0. The summed E-state index contributed by atoms with van der Waals surface area (Å²) in [6.07, 6.45) is 1.12. The van der Waals surface area contributed by atoms with Gasteiger partial charge in [0.1, 0.15) is 0 Å². The minimum Gasteiger partial charge on any atom is -0.414 e. The van der Waals surface area contributed by atoms with E-state index in [1.807, 2.05) is 0 Å². The third kappa shape index (κ3) is 5.80. The first-order valence-electron chi connectivity index (χ1n) is 7.38. The molecule has 2 aromatic carbocycles. The molecule has 0 saturated heterocycles. The van der Waals surface area contributed by atoms with Crippen molar-refractivity contribution in [3.8, 4) is 11.5 Å². The minimum absolute atomic E-state index is 0.0629. The maximum atomic E-state index is 11.9. The lowest BCUT2D eigenvalue weighted by molar-refractivity contribution is -0.385. The van der Waals surface area contributed by atoms with Gasteiger partial charge in [-0.1, -0.05) is 46.4 Å². The lowest BCUT2D eigenvalue weighted by atomic mass is 10.3. The van der Waals surface area contributed by atoms with Gasteiger partial charge in [0.05, 0.1) is 19.9 Å². The molecule has 0 aliphatic rings. The Bertz CT molecular complexity index is 1020. The summed E-state index contributed by atoms with van der Waals surface area (Å²) in [6, 6.07) is 4.04. The summed E-state index contributed by atoms with van der Waals surface area (Å²) < 4.78 is 9.55. The van der Waals surface area contributed by atoms with Crippen LogP contribution in [0.3, 0.4) is 0 Å². The quantitative estimate of drug-likeness (QED) is 0.175. The van der Waals surface area contributed by atoms with E-state index in [9.17, 15) is 29.8 Å². The average Bonchev–Trinajstić information content (AvgIpc) is 2.63. The van der Waals surface area contributed by atoms with Crippen molar-refractivity contribution in [2.75, 3.05) is 0 Å². The first-order valence-corrected chi connectivity index (χ1v) is 8.89. The van der Waals surface area contributed by atoms with Crippen LogP contribution in [0.2, 0.25) is 20.1 Å². The zero-order valence-corrected chi connectivity index (χ0v) is 17.2. The molecule has 0 spiro atoms. The molecule has 2 rings (SSSR count). The number of esters is 2. The van der Waals surface area contributed by atoms with Gasteiger partial charge in [0.15, 0.2) is 0 Å². The van der Waals surface area contributed by atoms with E-state index in [0.29, 0.717) is 12.2 Å². The highest BCUT2D eigenvalue weighted by atomic mass is 35.5. The number of halogens is 4. The van der Waals surface area contributed by atoms with Gasteiger partial charge in [-0.2, -0.15) is 0 Å². The van der Waals surface area contributed by atoms with E-state index in [1.54, 1.807) is 0 Å². The Morgan fingerprint density at radius 2 is 1.07 bits per heavy atom. The number of carbonyl (C=O) groups excluding carboxylic acids is 2. The number of carbonyl (C=O) groups is 2. The molecule has 0 radical (unpaired) electrons. The van der Waals surface area contributed by atoms with Gasteiger partial charge in [-0.05, 0) is 12.1 Å². The second-order valence-corrected chi connectivity index (χ2v) is 6.85. The second kappa shape index (κ2) is 9.72. The average molecular weight is 496 g/mol. The van der Waals surface area contributed by atoms with Crippen LogP contribution < -0.4 is 9.47 Å². The predicted molar refractivity (Wildman–Crippen MR) is 107 cm³/mol. The van der Waals surface area contributed by atoms with E-state index < -0.39 is 44.7 Å². The predicted octanol–water partition coefficient (Wildman–Crippen LogP) is 5.18. The van der Waals surface area contributed by atoms with Gasteiger partial charge < -0.3 is 9.47 Å². The fraction of sp³-hybridized carbons (Fsp3) is 0. The molecular formula is C16H6Cl4N2O8. The number of hydrogen-bond donors (Lipinski definition) is 0. The largest absolute Gasteiger partial charge is 0.414 e. The third-order valence-corrected chi connectivity index (χ3v) is 4.13. The van der Waals surface area contributed by atoms with Crippen molar-refractivity contribution in [3.05, 3.63) is 76.7 Å². The molecular weight excluding hydrogens is 490 g/mol. The third-order valence-electron chi connectivity index (χ3n) is 3.13. The van der Waals surface area contributed by atoms with Gasteiger partial charge in [-0.15, -0.1) is 0 Å². The molecule has 30 heavy (non-hydrogen) atoms. The molecule has 0 aliphatic carbocycles. The first kappa shape index (κ1) is 23.4. The maximum Gasteiger partial charge on any atom is 0.336 e. The van der Waals surface area contributed by atoms with E-state index >= 15 is 0 Å². The Kier molecular flexibility index (Phi) is 7.57. The van der Waals surface area contributed by atoms with Gasteiger partial charge in [0.2, 0.25) is 11.5 Å². The SMILES string of the molecule is O=C(/C=C\C(=O)Oc1c(Cl)cc(Cl)cc1[N+](=O)[O-])Oc1c(Cl)cc(Cl)cc1[N+](=O)[O-]. The highest BCUT2D eigenvalue weighted by Gasteiger charge is 2.24. The van der Waals surface area contributed by atoms with Crippen LogP contribution in [0.5, 0.6) is 11.5 Å². The van der Waals surface area contributed by atoms with Crippen LogP contribution in [0.4, 0.5) is 11.4 Å². The lowest BCUT2D eigenvalue weighted by Gasteiger charge is -2.06.